The lowest BCUT2D eigenvalue weighted by Crippen LogP contribution is -2.51. The third-order valence-corrected chi connectivity index (χ3v) is 6.32. The van der Waals surface area contributed by atoms with Gasteiger partial charge in [0.25, 0.3) is 0 Å². The molecule has 1 fully saturated rings. The molecule has 1 aliphatic heterocycles. The van der Waals surface area contributed by atoms with Crippen molar-refractivity contribution in [3.8, 4) is 0 Å². The van der Waals surface area contributed by atoms with Gasteiger partial charge in [0.2, 0.25) is 10.0 Å². The largest absolute Gasteiger partial charge is 0.465 e. The smallest absolute Gasteiger partial charge is 0.337 e. The zero-order valence-corrected chi connectivity index (χ0v) is 16.8. The van der Waals surface area contributed by atoms with Crippen molar-refractivity contribution in [3.63, 3.8) is 0 Å². The number of hydrogen-bond donors (Lipinski definition) is 1. The molecule has 1 aliphatic rings. The lowest BCUT2D eigenvalue weighted by Gasteiger charge is -2.36. The Morgan fingerprint density at radius 1 is 1.35 bits per heavy atom. The van der Waals surface area contributed by atoms with Crippen LogP contribution < -0.4 is 4.72 Å². The zero-order chi connectivity index (χ0) is 19.3. The normalized spacial score (nSPS) is 17.3. The number of nitrogens with one attached hydrogen (secondary N) is 1. The van der Waals surface area contributed by atoms with E-state index in [0.717, 1.165) is 13.1 Å². The molecule has 1 unspecified atom stereocenters. The Balaban J connectivity index is 2.13. The number of carbonyl (C=O) groups is 1. The summed E-state index contributed by atoms with van der Waals surface area (Å²) in [5.41, 5.74) is 0.199. The van der Waals surface area contributed by atoms with Crippen molar-refractivity contribution in [2.24, 2.45) is 5.92 Å². The predicted molar refractivity (Wildman–Crippen MR) is 99.0 cm³/mol. The highest BCUT2D eigenvalue weighted by molar-refractivity contribution is 7.89. The van der Waals surface area contributed by atoms with E-state index in [-0.39, 0.29) is 34.0 Å². The van der Waals surface area contributed by atoms with E-state index in [1.165, 1.54) is 25.3 Å². The predicted octanol–water partition coefficient (Wildman–Crippen LogP) is 1.76. The molecule has 1 N–H and O–H groups in total. The quantitative estimate of drug-likeness (QED) is 0.697. The highest BCUT2D eigenvalue weighted by Gasteiger charge is 2.27. The number of benzene rings is 1. The first-order chi connectivity index (χ1) is 12.3. The van der Waals surface area contributed by atoms with Gasteiger partial charge in [-0.3, -0.25) is 4.90 Å². The summed E-state index contributed by atoms with van der Waals surface area (Å²) in [5, 5.41) is -0.0205. The number of rotatable bonds is 7. The minimum absolute atomic E-state index is 0.0205. The number of morpholine rings is 1. The summed E-state index contributed by atoms with van der Waals surface area (Å²) in [6, 6.07) is 4.05. The van der Waals surface area contributed by atoms with Crippen LogP contribution in [0.25, 0.3) is 0 Å². The van der Waals surface area contributed by atoms with Gasteiger partial charge in [0, 0.05) is 25.7 Å². The molecule has 0 radical (unpaired) electrons. The third-order valence-electron chi connectivity index (χ3n) is 4.41. The van der Waals surface area contributed by atoms with Gasteiger partial charge in [0.05, 0.1) is 30.9 Å². The van der Waals surface area contributed by atoms with E-state index in [1.54, 1.807) is 0 Å². The molecule has 0 aliphatic carbocycles. The number of sulfonamides is 1. The van der Waals surface area contributed by atoms with Crippen molar-refractivity contribution in [2.75, 3.05) is 40.0 Å². The molecular formula is C17H25ClN2O5S. The van der Waals surface area contributed by atoms with Crippen LogP contribution in [-0.2, 0) is 19.5 Å². The zero-order valence-electron chi connectivity index (χ0n) is 15.2. The second-order valence-corrected chi connectivity index (χ2v) is 8.59. The van der Waals surface area contributed by atoms with Gasteiger partial charge < -0.3 is 9.47 Å². The van der Waals surface area contributed by atoms with Crippen molar-refractivity contribution in [1.82, 2.24) is 9.62 Å². The summed E-state index contributed by atoms with van der Waals surface area (Å²) >= 11 is 6.09. The van der Waals surface area contributed by atoms with Gasteiger partial charge in [0.15, 0.2) is 0 Å². The summed E-state index contributed by atoms with van der Waals surface area (Å²) in [4.78, 5) is 13.7. The van der Waals surface area contributed by atoms with E-state index >= 15 is 0 Å². The molecule has 0 bridgehead atoms. The van der Waals surface area contributed by atoms with E-state index in [1.807, 2.05) is 0 Å². The molecule has 0 spiro atoms. The highest BCUT2D eigenvalue weighted by Crippen LogP contribution is 2.23. The van der Waals surface area contributed by atoms with Crippen molar-refractivity contribution in [1.29, 1.82) is 0 Å². The van der Waals surface area contributed by atoms with Crippen molar-refractivity contribution in [3.05, 3.63) is 28.8 Å². The number of methoxy groups -OCH3 is 1. The van der Waals surface area contributed by atoms with Crippen molar-refractivity contribution >= 4 is 27.6 Å². The molecule has 1 atom stereocenters. The minimum Gasteiger partial charge on any atom is -0.465 e. The Hall–Kier alpha value is -1.19. The Morgan fingerprint density at radius 2 is 2.00 bits per heavy atom. The summed E-state index contributed by atoms with van der Waals surface area (Å²) in [5.74, 6) is -0.302. The van der Waals surface area contributed by atoms with Crippen LogP contribution in [0.4, 0.5) is 0 Å². The molecule has 0 aromatic heterocycles. The fourth-order valence-electron chi connectivity index (χ4n) is 2.93. The van der Waals surface area contributed by atoms with Crippen LogP contribution in [0.2, 0.25) is 5.02 Å². The van der Waals surface area contributed by atoms with Gasteiger partial charge in [0.1, 0.15) is 4.90 Å². The van der Waals surface area contributed by atoms with Gasteiger partial charge in [-0.1, -0.05) is 25.4 Å². The Labute approximate surface area is 159 Å². The SMILES string of the molecule is COC(=O)c1ccc(S(=O)(=O)NCC(C(C)C)N2CCOCC2)c(Cl)c1. The maximum Gasteiger partial charge on any atom is 0.337 e. The second-order valence-electron chi connectivity index (χ2n) is 6.45. The highest BCUT2D eigenvalue weighted by atomic mass is 35.5. The van der Waals surface area contributed by atoms with Gasteiger partial charge in [-0.2, -0.15) is 0 Å². The van der Waals surface area contributed by atoms with Crippen LogP contribution in [0, 0.1) is 5.92 Å². The van der Waals surface area contributed by atoms with E-state index in [9.17, 15) is 13.2 Å². The number of nitrogens with zero attached hydrogens (tertiary/aromatic N) is 1. The van der Waals surface area contributed by atoms with Crippen LogP contribution in [0.3, 0.4) is 0 Å². The van der Waals surface area contributed by atoms with E-state index in [4.69, 9.17) is 16.3 Å². The standard InChI is InChI=1S/C17H25ClN2O5S/c1-12(2)15(20-6-8-25-9-7-20)11-19-26(22,23)16-5-4-13(10-14(16)18)17(21)24-3/h4-5,10,12,15,19H,6-9,11H2,1-3H3. The lowest BCUT2D eigenvalue weighted by molar-refractivity contribution is 0.00776. The minimum atomic E-state index is -3.80. The summed E-state index contributed by atoms with van der Waals surface area (Å²) in [6.07, 6.45) is 0. The molecule has 146 valence electrons. The Kier molecular flexibility index (Phi) is 7.42. The van der Waals surface area contributed by atoms with Crippen LogP contribution in [-0.4, -0.2) is 65.3 Å². The molecular weight excluding hydrogens is 380 g/mol. The second kappa shape index (κ2) is 9.14. The topological polar surface area (TPSA) is 84.9 Å². The van der Waals surface area contributed by atoms with Crippen LogP contribution >= 0.6 is 11.6 Å². The van der Waals surface area contributed by atoms with Crippen molar-refractivity contribution < 1.29 is 22.7 Å². The number of esters is 1. The number of halogens is 1. The van der Waals surface area contributed by atoms with Crippen molar-refractivity contribution in [2.45, 2.75) is 24.8 Å². The van der Waals surface area contributed by atoms with Gasteiger partial charge in [-0.25, -0.2) is 17.9 Å². The number of ether oxygens (including phenoxy) is 2. The van der Waals surface area contributed by atoms with Crippen LogP contribution in [0.1, 0.15) is 24.2 Å². The Bertz CT molecular complexity index is 733. The van der Waals surface area contributed by atoms with Gasteiger partial charge >= 0.3 is 5.97 Å². The fraction of sp³-hybridized carbons (Fsp3) is 0.588. The number of hydrogen-bond acceptors (Lipinski definition) is 6. The average Bonchev–Trinajstić information content (AvgIpc) is 2.61. The van der Waals surface area contributed by atoms with E-state index in [2.05, 4.69) is 28.2 Å². The number of carbonyl (C=O) groups excluding carboxylic acids is 1. The average molecular weight is 405 g/mol. The fourth-order valence-corrected chi connectivity index (χ4v) is 4.53. The van der Waals surface area contributed by atoms with E-state index < -0.39 is 16.0 Å². The first-order valence-electron chi connectivity index (χ1n) is 8.45. The monoisotopic (exact) mass is 404 g/mol. The third kappa shape index (κ3) is 5.17. The van der Waals surface area contributed by atoms with Crippen LogP contribution in [0.5, 0.6) is 0 Å². The maximum absolute atomic E-state index is 12.7. The molecule has 0 amide bonds. The first-order valence-corrected chi connectivity index (χ1v) is 10.3. The summed E-state index contributed by atoms with van der Waals surface area (Å²) in [6.45, 7) is 7.25. The molecule has 1 saturated heterocycles. The summed E-state index contributed by atoms with van der Waals surface area (Å²) in [7, 11) is -2.55. The molecule has 0 saturated carbocycles. The lowest BCUT2D eigenvalue weighted by atomic mass is 10.0. The van der Waals surface area contributed by atoms with E-state index in [0.29, 0.717) is 13.2 Å². The molecule has 2 rings (SSSR count). The molecule has 1 aromatic carbocycles. The molecule has 9 heteroatoms. The molecule has 26 heavy (non-hydrogen) atoms. The van der Waals surface area contributed by atoms with Gasteiger partial charge in [-0.15, -0.1) is 0 Å². The molecule has 7 nitrogen and oxygen atoms in total. The molecule has 1 heterocycles. The van der Waals surface area contributed by atoms with Gasteiger partial charge in [-0.05, 0) is 24.1 Å². The first kappa shape index (κ1) is 21.1. The molecule has 1 aromatic rings. The summed E-state index contributed by atoms with van der Waals surface area (Å²) < 4.78 is 37.9. The Morgan fingerprint density at radius 3 is 2.54 bits per heavy atom. The maximum atomic E-state index is 12.7. The van der Waals surface area contributed by atoms with Crippen LogP contribution in [0.15, 0.2) is 23.1 Å².